The number of carbonyl (C=O) groups excluding carboxylic acids is 1. The van der Waals surface area contributed by atoms with Crippen LogP contribution in [-0.4, -0.2) is 32.1 Å². The third-order valence-electron chi connectivity index (χ3n) is 4.15. The number of nitrogens with zero attached hydrogens (tertiary/aromatic N) is 2. The molecular formula is C17H15ClN2O2. The molecule has 0 bridgehead atoms. The van der Waals surface area contributed by atoms with Crippen molar-refractivity contribution in [2.45, 2.75) is 0 Å². The first-order valence-corrected chi connectivity index (χ1v) is 7.70. The number of ether oxygens (including phenoxy) is 1. The van der Waals surface area contributed by atoms with Gasteiger partial charge < -0.3 is 14.5 Å². The third kappa shape index (κ3) is 2.03. The predicted octanol–water partition coefficient (Wildman–Crippen LogP) is 3.20. The largest absolute Gasteiger partial charge is 0.489 e. The fourth-order valence-corrected chi connectivity index (χ4v) is 3.31. The Kier molecular flexibility index (Phi) is 3.19. The summed E-state index contributed by atoms with van der Waals surface area (Å²) in [6, 6.07) is 13.0. The Morgan fingerprint density at radius 1 is 1.05 bits per heavy atom. The van der Waals surface area contributed by atoms with E-state index in [2.05, 4.69) is 4.90 Å². The highest BCUT2D eigenvalue weighted by Gasteiger charge is 2.32. The van der Waals surface area contributed by atoms with E-state index in [4.69, 9.17) is 16.3 Å². The van der Waals surface area contributed by atoms with Gasteiger partial charge in [0.15, 0.2) is 0 Å². The second-order valence-corrected chi connectivity index (χ2v) is 5.80. The van der Waals surface area contributed by atoms with E-state index in [1.165, 1.54) is 0 Å². The van der Waals surface area contributed by atoms with Crippen molar-refractivity contribution in [2.75, 3.05) is 36.0 Å². The molecule has 22 heavy (non-hydrogen) atoms. The van der Waals surface area contributed by atoms with Gasteiger partial charge in [0.2, 0.25) is 0 Å². The Labute approximate surface area is 133 Å². The smallest absolute Gasteiger partial charge is 0.259 e. The van der Waals surface area contributed by atoms with Gasteiger partial charge in [0.25, 0.3) is 5.91 Å². The number of carbonyl (C=O) groups is 1. The molecule has 2 aliphatic heterocycles. The van der Waals surface area contributed by atoms with Crippen LogP contribution in [0.5, 0.6) is 5.75 Å². The van der Waals surface area contributed by atoms with Crippen molar-refractivity contribution in [3.63, 3.8) is 0 Å². The molecule has 0 fully saturated rings. The molecule has 0 spiro atoms. The average molecular weight is 315 g/mol. The van der Waals surface area contributed by atoms with Gasteiger partial charge in [0, 0.05) is 13.1 Å². The van der Waals surface area contributed by atoms with E-state index in [1.807, 2.05) is 30.3 Å². The van der Waals surface area contributed by atoms with Gasteiger partial charge in [-0.05, 0) is 24.3 Å². The van der Waals surface area contributed by atoms with Crippen LogP contribution in [0, 0.1) is 0 Å². The summed E-state index contributed by atoms with van der Waals surface area (Å²) in [6.07, 6.45) is 0. The molecule has 0 N–H and O–H groups in total. The molecule has 2 aliphatic rings. The zero-order valence-electron chi connectivity index (χ0n) is 12.0. The predicted molar refractivity (Wildman–Crippen MR) is 87.3 cm³/mol. The maximum Gasteiger partial charge on any atom is 0.259 e. The van der Waals surface area contributed by atoms with E-state index in [0.29, 0.717) is 23.7 Å². The van der Waals surface area contributed by atoms with Crippen molar-refractivity contribution < 1.29 is 9.53 Å². The Balaban J connectivity index is 1.78. The number of para-hydroxylation sites is 1. The van der Waals surface area contributed by atoms with Gasteiger partial charge in [-0.2, -0.15) is 0 Å². The van der Waals surface area contributed by atoms with E-state index < -0.39 is 0 Å². The van der Waals surface area contributed by atoms with Crippen LogP contribution in [0.2, 0.25) is 5.02 Å². The lowest BCUT2D eigenvalue weighted by Gasteiger charge is -2.41. The SMILES string of the molecule is O=C(c1ccccc1Cl)N1CCN2CCOc3cccc1c32. The quantitative estimate of drug-likeness (QED) is 0.810. The van der Waals surface area contributed by atoms with Crippen molar-refractivity contribution in [3.8, 4) is 5.75 Å². The maximum atomic E-state index is 12.9. The first-order valence-electron chi connectivity index (χ1n) is 7.33. The minimum Gasteiger partial charge on any atom is -0.489 e. The number of benzene rings is 2. The van der Waals surface area contributed by atoms with Crippen LogP contribution in [0.3, 0.4) is 0 Å². The van der Waals surface area contributed by atoms with Gasteiger partial charge in [0.05, 0.1) is 22.8 Å². The molecular weight excluding hydrogens is 300 g/mol. The standard InChI is InChI=1S/C17H15ClN2O2/c18-13-5-2-1-4-12(13)17(21)20-9-8-19-10-11-22-15-7-3-6-14(20)16(15)19/h1-7H,8-11H2. The number of halogens is 1. The first-order chi connectivity index (χ1) is 10.8. The van der Waals surface area contributed by atoms with Gasteiger partial charge in [-0.1, -0.05) is 29.8 Å². The number of rotatable bonds is 1. The Hall–Kier alpha value is -2.20. The van der Waals surface area contributed by atoms with Gasteiger partial charge in [-0.15, -0.1) is 0 Å². The molecule has 0 unspecified atom stereocenters. The number of hydrogen-bond acceptors (Lipinski definition) is 3. The molecule has 0 atom stereocenters. The van der Waals surface area contributed by atoms with Gasteiger partial charge >= 0.3 is 0 Å². The Morgan fingerprint density at radius 2 is 1.91 bits per heavy atom. The summed E-state index contributed by atoms with van der Waals surface area (Å²) in [7, 11) is 0. The summed E-state index contributed by atoms with van der Waals surface area (Å²) in [5.41, 5.74) is 2.45. The van der Waals surface area contributed by atoms with Crippen LogP contribution in [0.4, 0.5) is 11.4 Å². The van der Waals surface area contributed by atoms with E-state index in [1.54, 1.807) is 17.0 Å². The lowest BCUT2D eigenvalue weighted by atomic mass is 10.1. The molecule has 4 rings (SSSR count). The molecule has 0 radical (unpaired) electrons. The Morgan fingerprint density at radius 3 is 2.77 bits per heavy atom. The van der Waals surface area contributed by atoms with E-state index in [-0.39, 0.29) is 5.91 Å². The molecule has 2 aromatic carbocycles. The zero-order valence-corrected chi connectivity index (χ0v) is 12.7. The van der Waals surface area contributed by atoms with Crippen LogP contribution >= 0.6 is 11.6 Å². The average Bonchev–Trinajstić information content (AvgIpc) is 2.56. The van der Waals surface area contributed by atoms with Gasteiger partial charge in [-0.3, -0.25) is 4.79 Å². The van der Waals surface area contributed by atoms with Crippen LogP contribution in [0.1, 0.15) is 10.4 Å². The van der Waals surface area contributed by atoms with Gasteiger partial charge in [-0.25, -0.2) is 0 Å². The molecule has 0 aromatic heterocycles. The molecule has 112 valence electrons. The molecule has 0 saturated heterocycles. The van der Waals surface area contributed by atoms with Crippen molar-refractivity contribution in [3.05, 3.63) is 53.1 Å². The minimum absolute atomic E-state index is 0.0655. The molecule has 2 heterocycles. The topological polar surface area (TPSA) is 32.8 Å². The van der Waals surface area contributed by atoms with E-state index in [0.717, 1.165) is 30.2 Å². The number of hydrogen-bond donors (Lipinski definition) is 0. The monoisotopic (exact) mass is 314 g/mol. The van der Waals surface area contributed by atoms with Gasteiger partial charge in [0.1, 0.15) is 18.0 Å². The summed E-state index contributed by atoms with van der Waals surface area (Å²) < 4.78 is 5.72. The normalized spacial score (nSPS) is 16.0. The van der Waals surface area contributed by atoms with Crippen molar-refractivity contribution >= 4 is 28.9 Å². The summed E-state index contributed by atoms with van der Waals surface area (Å²) in [4.78, 5) is 17.0. The van der Waals surface area contributed by atoms with E-state index in [9.17, 15) is 4.79 Å². The maximum absolute atomic E-state index is 12.9. The fourth-order valence-electron chi connectivity index (χ4n) is 3.10. The number of anilines is 2. The first kappa shape index (κ1) is 13.5. The second kappa shape index (κ2) is 5.21. The van der Waals surface area contributed by atoms with Crippen LogP contribution in [-0.2, 0) is 0 Å². The zero-order chi connectivity index (χ0) is 15.1. The highest BCUT2D eigenvalue weighted by molar-refractivity contribution is 6.34. The minimum atomic E-state index is -0.0655. The Bertz CT molecular complexity index is 747. The summed E-state index contributed by atoms with van der Waals surface area (Å²) in [6.45, 7) is 3.01. The summed E-state index contributed by atoms with van der Waals surface area (Å²) in [5, 5.41) is 0.482. The summed E-state index contributed by atoms with van der Waals surface area (Å²) in [5.74, 6) is 0.782. The lowest BCUT2D eigenvalue weighted by Crippen LogP contribution is -2.47. The highest BCUT2D eigenvalue weighted by atomic mass is 35.5. The van der Waals surface area contributed by atoms with Crippen LogP contribution in [0.15, 0.2) is 42.5 Å². The fraction of sp³-hybridized carbons (Fsp3) is 0.235. The molecule has 2 aromatic rings. The molecule has 1 amide bonds. The number of amides is 1. The molecule has 4 nitrogen and oxygen atoms in total. The molecule has 0 saturated carbocycles. The van der Waals surface area contributed by atoms with E-state index >= 15 is 0 Å². The van der Waals surface area contributed by atoms with Crippen molar-refractivity contribution in [1.29, 1.82) is 0 Å². The highest BCUT2D eigenvalue weighted by Crippen LogP contribution is 2.43. The van der Waals surface area contributed by atoms with Crippen LogP contribution < -0.4 is 14.5 Å². The van der Waals surface area contributed by atoms with Crippen molar-refractivity contribution in [2.24, 2.45) is 0 Å². The molecule has 0 aliphatic carbocycles. The third-order valence-corrected chi connectivity index (χ3v) is 4.48. The van der Waals surface area contributed by atoms with Crippen molar-refractivity contribution in [1.82, 2.24) is 0 Å². The van der Waals surface area contributed by atoms with Crippen LogP contribution in [0.25, 0.3) is 0 Å². The summed E-state index contributed by atoms with van der Waals surface area (Å²) >= 11 is 6.18. The second-order valence-electron chi connectivity index (χ2n) is 5.40. The lowest BCUT2D eigenvalue weighted by molar-refractivity contribution is 0.0986. The molecule has 5 heteroatoms.